The molecule has 0 bridgehead atoms. The molecule has 2 rings (SSSR count). The summed E-state index contributed by atoms with van der Waals surface area (Å²) in [5.41, 5.74) is 0.969. The molecule has 0 aliphatic heterocycles. The lowest BCUT2D eigenvalue weighted by molar-refractivity contribution is 0.511. The summed E-state index contributed by atoms with van der Waals surface area (Å²) in [6.07, 6.45) is 5.61. The summed E-state index contributed by atoms with van der Waals surface area (Å²) < 4.78 is 0. The Morgan fingerprint density at radius 3 is 2.83 bits per heavy atom. The topological polar surface area (TPSA) is 79.4 Å². The lowest BCUT2D eigenvalue weighted by Gasteiger charge is -2.17. The van der Waals surface area contributed by atoms with Crippen LogP contribution in [0, 0.1) is 5.92 Å². The summed E-state index contributed by atoms with van der Waals surface area (Å²) in [4.78, 5) is 4.09. The Bertz CT molecular complexity index is 439. The van der Waals surface area contributed by atoms with Crippen LogP contribution in [0.4, 0.5) is 5.69 Å². The first-order valence-corrected chi connectivity index (χ1v) is 6.15. The number of tetrazole rings is 1. The Morgan fingerprint density at radius 1 is 1.33 bits per heavy atom. The van der Waals surface area contributed by atoms with Crippen LogP contribution in [0.5, 0.6) is 0 Å². The zero-order chi connectivity index (χ0) is 12.8. The van der Waals surface area contributed by atoms with Crippen LogP contribution in [0.15, 0.2) is 24.5 Å². The van der Waals surface area contributed by atoms with E-state index in [1.165, 1.54) is 0 Å². The predicted octanol–water partition coefficient (Wildman–Crippen LogP) is 2.18. The molecule has 6 heteroatoms. The van der Waals surface area contributed by atoms with Crippen molar-refractivity contribution in [1.29, 1.82) is 0 Å². The maximum absolute atomic E-state index is 4.09. The number of hydrogen-bond donors (Lipinski definition) is 2. The van der Waals surface area contributed by atoms with E-state index in [0.29, 0.717) is 11.7 Å². The van der Waals surface area contributed by atoms with Gasteiger partial charge in [0.05, 0.1) is 11.7 Å². The fourth-order valence-electron chi connectivity index (χ4n) is 1.73. The van der Waals surface area contributed by atoms with Crippen molar-refractivity contribution in [3.63, 3.8) is 0 Å². The smallest absolute Gasteiger partial charge is 0.196 e. The van der Waals surface area contributed by atoms with Crippen LogP contribution < -0.4 is 5.32 Å². The summed E-state index contributed by atoms with van der Waals surface area (Å²) in [5, 5.41) is 17.6. The minimum atomic E-state index is 0.0651. The van der Waals surface area contributed by atoms with Crippen LogP contribution in [0.2, 0.25) is 0 Å². The highest BCUT2D eigenvalue weighted by molar-refractivity contribution is 5.41. The average molecular weight is 246 g/mol. The molecule has 0 fully saturated rings. The molecule has 0 aromatic carbocycles. The van der Waals surface area contributed by atoms with E-state index in [1.54, 1.807) is 12.4 Å². The molecule has 0 spiro atoms. The minimum absolute atomic E-state index is 0.0651. The van der Waals surface area contributed by atoms with Crippen molar-refractivity contribution in [3.8, 4) is 0 Å². The molecule has 2 heterocycles. The van der Waals surface area contributed by atoms with E-state index in [0.717, 1.165) is 18.5 Å². The molecule has 0 saturated carbocycles. The maximum atomic E-state index is 4.09. The van der Waals surface area contributed by atoms with Crippen molar-refractivity contribution in [1.82, 2.24) is 25.6 Å². The van der Waals surface area contributed by atoms with E-state index < -0.39 is 0 Å². The Kier molecular flexibility index (Phi) is 4.22. The average Bonchev–Trinajstić information content (AvgIpc) is 2.89. The molecule has 6 nitrogen and oxygen atoms in total. The van der Waals surface area contributed by atoms with Gasteiger partial charge in [-0.2, -0.15) is 5.21 Å². The van der Waals surface area contributed by atoms with Gasteiger partial charge in [-0.15, -0.1) is 10.2 Å². The zero-order valence-corrected chi connectivity index (χ0v) is 10.7. The molecule has 0 aliphatic carbocycles. The Morgan fingerprint density at radius 2 is 2.22 bits per heavy atom. The van der Waals surface area contributed by atoms with Gasteiger partial charge in [0.1, 0.15) is 0 Å². The van der Waals surface area contributed by atoms with E-state index >= 15 is 0 Å². The van der Waals surface area contributed by atoms with Crippen molar-refractivity contribution in [2.24, 2.45) is 5.92 Å². The van der Waals surface area contributed by atoms with Crippen LogP contribution in [0.1, 0.15) is 38.6 Å². The molecule has 1 atom stereocenters. The van der Waals surface area contributed by atoms with Crippen LogP contribution >= 0.6 is 0 Å². The number of nitrogens with one attached hydrogen (secondary N) is 2. The number of rotatable bonds is 6. The van der Waals surface area contributed by atoms with Crippen LogP contribution in [-0.2, 0) is 0 Å². The van der Waals surface area contributed by atoms with Crippen LogP contribution in [-0.4, -0.2) is 25.6 Å². The van der Waals surface area contributed by atoms with E-state index in [2.05, 4.69) is 44.8 Å². The standard InChI is InChI=1S/C12H18N6/c1-9(2)5-6-11(12-15-17-18-16-12)14-10-4-3-7-13-8-10/h3-4,7-9,11,14H,5-6H2,1-2H3,(H,15,16,17,18). The first-order valence-electron chi connectivity index (χ1n) is 6.15. The molecular weight excluding hydrogens is 228 g/mol. The highest BCUT2D eigenvalue weighted by Gasteiger charge is 2.16. The third kappa shape index (κ3) is 3.51. The lowest BCUT2D eigenvalue weighted by atomic mass is 10.0. The minimum Gasteiger partial charge on any atom is -0.374 e. The Balaban J connectivity index is 2.05. The Labute approximate surface area is 106 Å². The van der Waals surface area contributed by atoms with Gasteiger partial charge in [0.15, 0.2) is 5.82 Å². The fourth-order valence-corrected chi connectivity index (χ4v) is 1.73. The lowest BCUT2D eigenvalue weighted by Crippen LogP contribution is -2.13. The van der Waals surface area contributed by atoms with Gasteiger partial charge < -0.3 is 5.32 Å². The van der Waals surface area contributed by atoms with Gasteiger partial charge in [0.2, 0.25) is 0 Å². The summed E-state index contributed by atoms with van der Waals surface area (Å²) in [5.74, 6) is 1.34. The number of hydrogen-bond acceptors (Lipinski definition) is 5. The van der Waals surface area contributed by atoms with Crippen molar-refractivity contribution < 1.29 is 0 Å². The van der Waals surface area contributed by atoms with E-state index in [4.69, 9.17) is 0 Å². The van der Waals surface area contributed by atoms with E-state index in [9.17, 15) is 0 Å². The molecule has 2 aromatic heterocycles. The molecule has 0 aliphatic rings. The molecule has 18 heavy (non-hydrogen) atoms. The zero-order valence-electron chi connectivity index (χ0n) is 10.7. The first-order chi connectivity index (χ1) is 8.75. The molecule has 0 amide bonds. The predicted molar refractivity (Wildman–Crippen MR) is 68.9 cm³/mol. The van der Waals surface area contributed by atoms with Crippen molar-refractivity contribution in [2.45, 2.75) is 32.7 Å². The number of pyridine rings is 1. The molecule has 0 radical (unpaired) electrons. The quantitative estimate of drug-likeness (QED) is 0.816. The van der Waals surface area contributed by atoms with E-state index in [1.807, 2.05) is 12.1 Å². The van der Waals surface area contributed by atoms with Gasteiger partial charge >= 0.3 is 0 Å². The fraction of sp³-hybridized carbons (Fsp3) is 0.500. The summed E-state index contributed by atoms with van der Waals surface area (Å²) in [6.45, 7) is 4.41. The van der Waals surface area contributed by atoms with Gasteiger partial charge in [0.25, 0.3) is 0 Å². The van der Waals surface area contributed by atoms with Gasteiger partial charge in [0, 0.05) is 12.4 Å². The molecule has 1 unspecified atom stereocenters. The van der Waals surface area contributed by atoms with Crippen molar-refractivity contribution >= 4 is 5.69 Å². The second-order valence-corrected chi connectivity index (χ2v) is 4.68. The number of aromatic nitrogens is 5. The largest absolute Gasteiger partial charge is 0.374 e. The molecular formula is C12H18N6. The van der Waals surface area contributed by atoms with Gasteiger partial charge in [-0.1, -0.05) is 19.1 Å². The highest BCUT2D eigenvalue weighted by atomic mass is 15.5. The van der Waals surface area contributed by atoms with Gasteiger partial charge in [-0.05, 0) is 30.9 Å². The summed E-state index contributed by atoms with van der Waals surface area (Å²) in [7, 11) is 0. The second-order valence-electron chi connectivity index (χ2n) is 4.68. The van der Waals surface area contributed by atoms with Crippen LogP contribution in [0.3, 0.4) is 0 Å². The SMILES string of the molecule is CC(C)CCC(Nc1cccnc1)c1nn[nH]n1. The molecule has 2 N–H and O–H groups in total. The Hall–Kier alpha value is -1.98. The second kappa shape index (κ2) is 6.09. The maximum Gasteiger partial charge on any atom is 0.196 e. The third-order valence-corrected chi connectivity index (χ3v) is 2.71. The highest BCUT2D eigenvalue weighted by Crippen LogP contribution is 2.22. The van der Waals surface area contributed by atoms with Crippen molar-refractivity contribution in [3.05, 3.63) is 30.4 Å². The number of nitrogens with zero attached hydrogens (tertiary/aromatic N) is 4. The molecule has 2 aromatic rings. The first kappa shape index (κ1) is 12.5. The monoisotopic (exact) mass is 246 g/mol. The van der Waals surface area contributed by atoms with Gasteiger partial charge in [-0.25, -0.2) is 0 Å². The number of H-pyrrole nitrogens is 1. The third-order valence-electron chi connectivity index (χ3n) is 2.71. The summed E-state index contributed by atoms with van der Waals surface area (Å²) in [6, 6.07) is 3.95. The normalized spacial score (nSPS) is 12.6. The van der Waals surface area contributed by atoms with Gasteiger partial charge in [-0.3, -0.25) is 4.98 Å². The van der Waals surface area contributed by atoms with E-state index in [-0.39, 0.29) is 6.04 Å². The number of anilines is 1. The van der Waals surface area contributed by atoms with Crippen molar-refractivity contribution in [2.75, 3.05) is 5.32 Å². The molecule has 96 valence electrons. The summed E-state index contributed by atoms with van der Waals surface area (Å²) >= 11 is 0. The number of aromatic amines is 1. The molecule has 0 saturated heterocycles. The van der Waals surface area contributed by atoms with Crippen LogP contribution in [0.25, 0.3) is 0 Å².